The Morgan fingerprint density at radius 1 is 1.64 bits per heavy atom. The van der Waals surface area contributed by atoms with Crippen LogP contribution in [0.3, 0.4) is 0 Å². The fraction of sp³-hybridized carbons (Fsp3) is 0.200. The van der Waals surface area contributed by atoms with Crippen LogP contribution >= 0.6 is 11.6 Å². The third kappa shape index (κ3) is 2.25. The van der Waals surface area contributed by atoms with Crippen LogP contribution in [0.25, 0.3) is 0 Å². The SMILES string of the molecule is C=CC[C@H](N)c1cc(F)cc(Cl)c1O. The van der Waals surface area contributed by atoms with Gasteiger partial charge < -0.3 is 10.8 Å². The molecular weight excluding hydrogens is 205 g/mol. The normalized spacial score (nSPS) is 12.5. The summed E-state index contributed by atoms with van der Waals surface area (Å²) in [6.07, 6.45) is 2.05. The Labute approximate surface area is 86.8 Å². The minimum absolute atomic E-state index is 0.0282. The van der Waals surface area contributed by atoms with Gasteiger partial charge in [0, 0.05) is 11.6 Å². The average Bonchev–Trinajstić information content (AvgIpc) is 2.11. The van der Waals surface area contributed by atoms with Gasteiger partial charge in [0.2, 0.25) is 0 Å². The molecule has 0 bridgehead atoms. The van der Waals surface area contributed by atoms with Crippen molar-refractivity contribution in [3.8, 4) is 5.75 Å². The summed E-state index contributed by atoms with van der Waals surface area (Å²) in [7, 11) is 0. The van der Waals surface area contributed by atoms with Crippen molar-refractivity contribution in [2.24, 2.45) is 5.73 Å². The van der Waals surface area contributed by atoms with E-state index in [1.807, 2.05) is 0 Å². The molecule has 0 heterocycles. The Morgan fingerprint density at radius 2 is 2.29 bits per heavy atom. The van der Waals surface area contributed by atoms with Gasteiger partial charge in [0.1, 0.15) is 11.6 Å². The predicted molar refractivity (Wildman–Crippen MR) is 54.8 cm³/mol. The molecule has 0 aliphatic rings. The lowest BCUT2D eigenvalue weighted by atomic mass is 10.0. The van der Waals surface area contributed by atoms with Gasteiger partial charge in [0.15, 0.2) is 0 Å². The third-order valence-corrected chi connectivity index (χ3v) is 2.17. The van der Waals surface area contributed by atoms with Crippen molar-refractivity contribution in [1.29, 1.82) is 0 Å². The first-order chi connectivity index (χ1) is 6.56. The third-order valence-electron chi connectivity index (χ3n) is 1.88. The molecule has 1 atom stereocenters. The van der Waals surface area contributed by atoms with Gasteiger partial charge in [-0.15, -0.1) is 6.58 Å². The topological polar surface area (TPSA) is 46.2 Å². The van der Waals surface area contributed by atoms with Crippen LogP contribution in [0.4, 0.5) is 4.39 Å². The highest BCUT2D eigenvalue weighted by atomic mass is 35.5. The number of hydrogen-bond donors (Lipinski definition) is 2. The first-order valence-electron chi connectivity index (χ1n) is 4.10. The molecule has 0 aliphatic heterocycles. The van der Waals surface area contributed by atoms with Gasteiger partial charge in [0.25, 0.3) is 0 Å². The van der Waals surface area contributed by atoms with E-state index in [9.17, 15) is 9.50 Å². The van der Waals surface area contributed by atoms with E-state index in [1.54, 1.807) is 6.08 Å². The van der Waals surface area contributed by atoms with Crippen molar-refractivity contribution in [3.05, 3.63) is 41.2 Å². The number of phenolic OH excluding ortho intramolecular Hbond substituents is 1. The summed E-state index contributed by atoms with van der Waals surface area (Å²) in [5.41, 5.74) is 5.99. The molecule has 4 heteroatoms. The Balaban J connectivity index is 3.12. The molecule has 0 saturated heterocycles. The summed E-state index contributed by atoms with van der Waals surface area (Å²) >= 11 is 5.59. The molecule has 0 unspecified atom stereocenters. The van der Waals surface area contributed by atoms with Crippen LogP contribution in [0.2, 0.25) is 5.02 Å². The lowest BCUT2D eigenvalue weighted by molar-refractivity contribution is 0.459. The van der Waals surface area contributed by atoms with Crippen molar-refractivity contribution in [2.75, 3.05) is 0 Å². The standard InChI is InChI=1S/C10H11ClFNO/c1-2-3-9(13)7-4-6(12)5-8(11)10(7)14/h2,4-5,9,14H,1,3,13H2/t9-/m0/s1. The van der Waals surface area contributed by atoms with Gasteiger partial charge in [-0.05, 0) is 18.6 Å². The zero-order chi connectivity index (χ0) is 10.7. The van der Waals surface area contributed by atoms with Crippen LogP contribution in [0.1, 0.15) is 18.0 Å². The van der Waals surface area contributed by atoms with Gasteiger partial charge in [0.05, 0.1) is 5.02 Å². The van der Waals surface area contributed by atoms with Crippen LogP contribution in [-0.4, -0.2) is 5.11 Å². The molecule has 1 rings (SSSR count). The Hall–Kier alpha value is -1.06. The summed E-state index contributed by atoms with van der Waals surface area (Å²) in [5.74, 6) is -0.676. The van der Waals surface area contributed by atoms with Gasteiger partial charge in [-0.25, -0.2) is 4.39 Å². The molecule has 1 aromatic carbocycles. The van der Waals surface area contributed by atoms with E-state index in [1.165, 1.54) is 6.07 Å². The molecule has 1 aromatic rings. The second-order valence-electron chi connectivity index (χ2n) is 2.96. The molecular formula is C10H11ClFNO. The predicted octanol–water partition coefficient (Wildman–Crippen LogP) is 2.76. The van der Waals surface area contributed by atoms with Crippen molar-refractivity contribution in [2.45, 2.75) is 12.5 Å². The van der Waals surface area contributed by atoms with E-state index < -0.39 is 11.9 Å². The molecule has 14 heavy (non-hydrogen) atoms. The number of rotatable bonds is 3. The molecule has 0 aliphatic carbocycles. The quantitative estimate of drug-likeness (QED) is 0.762. The molecule has 0 radical (unpaired) electrons. The maximum absolute atomic E-state index is 12.9. The summed E-state index contributed by atoms with van der Waals surface area (Å²) < 4.78 is 12.9. The fourth-order valence-corrected chi connectivity index (χ4v) is 1.39. The van der Waals surface area contributed by atoms with Crippen molar-refractivity contribution in [1.82, 2.24) is 0 Å². The molecule has 3 N–H and O–H groups in total. The van der Waals surface area contributed by atoms with Crippen LogP contribution in [0, 0.1) is 5.82 Å². The van der Waals surface area contributed by atoms with Gasteiger partial charge >= 0.3 is 0 Å². The molecule has 2 nitrogen and oxygen atoms in total. The summed E-state index contributed by atoms with van der Waals surface area (Å²) in [4.78, 5) is 0. The fourth-order valence-electron chi connectivity index (χ4n) is 1.18. The van der Waals surface area contributed by atoms with Crippen LogP contribution < -0.4 is 5.73 Å². The number of aromatic hydroxyl groups is 1. The maximum atomic E-state index is 12.9. The lowest BCUT2D eigenvalue weighted by Gasteiger charge is -2.12. The number of hydrogen-bond acceptors (Lipinski definition) is 2. The maximum Gasteiger partial charge on any atom is 0.139 e. The largest absolute Gasteiger partial charge is 0.506 e. The summed E-state index contributed by atoms with van der Waals surface area (Å²) in [6, 6.07) is 1.73. The van der Waals surface area contributed by atoms with Gasteiger partial charge in [-0.2, -0.15) is 0 Å². The number of halogens is 2. The first kappa shape index (κ1) is 11.0. The summed E-state index contributed by atoms with van der Waals surface area (Å²) in [5, 5.41) is 9.48. The second-order valence-corrected chi connectivity index (χ2v) is 3.36. The Kier molecular flexibility index (Phi) is 3.49. The molecule has 0 aromatic heterocycles. The summed E-state index contributed by atoms with van der Waals surface area (Å²) in [6.45, 7) is 3.51. The number of nitrogens with two attached hydrogens (primary N) is 1. The van der Waals surface area contributed by atoms with Crippen LogP contribution in [0.5, 0.6) is 5.75 Å². The van der Waals surface area contributed by atoms with E-state index in [0.29, 0.717) is 12.0 Å². The molecule has 76 valence electrons. The highest BCUT2D eigenvalue weighted by molar-refractivity contribution is 6.32. The highest BCUT2D eigenvalue weighted by Gasteiger charge is 2.13. The minimum Gasteiger partial charge on any atom is -0.506 e. The smallest absolute Gasteiger partial charge is 0.139 e. The van der Waals surface area contributed by atoms with E-state index in [-0.39, 0.29) is 10.8 Å². The first-order valence-corrected chi connectivity index (χ1v) is 4.48. The van der Waals surface area contributed by atoms with Crippen LogP contribution in [-0.2, 0) is 0 Å². The van der Waals surface area contributed by atoms with Crippen molar-refractivity contribution < 1.29 is 9.50 Å². The molecule has 0 amide bonds. The van der Waals surface area contributed by atoms with Gasteiger partial charge in [-0.1, -0.05) is 17.7 Å². The Morgan fingerprint density at radius 3 is 2.86 bits per heavy atom. The molecule has 0 fully saturated rings. The van der Waals surface area contributed by atoms with E-state index in [2.05, 4.69) is 6.58 Å². The molecule has 0 saturated carbocycles. The van der Waals surface area contributed by atoms with Crippen molar-refractivity contribution >= 4 is 11.6 Å². The average molecular weight is 216 g/mol. The monoisotopic (exact) mass is 215 g/mol. The zero-order valence-electron chi connectivity index (χ0n) is 7.50. The number of phenols is 1. The van der Waals surface area contributed by atoms with E-state index >= 15 is 0 Å². The Bertz CT molecular complexity index is 354. The number of benzene rings is 1. The van der Waals surface area contributed by atoms with Crippen LogP contribution in [0.15, 0.2) is 24.8 Å². The minimum atomic E-state index is -0.512. The van der Waals surface area contributed by atoms with E-state index in [0.717, 1.165) is 6.07 Å². The lowest BCUT2D eigenvalue weighted by Crippen LogP contribution is -2.09. The zero-order valence-corrected chi connectivity index (χ0v) is 8.26. The molecule has 0 spiro atoms. The second kappa shape index (κ2) is 4.44. The van der Waals surface area contributed by atoms with Gasteiger partial charge in [-0.3, -0.25) is 0 Å². The van der Waals surface area contributed by atoms with E-state index in [4.69, 9.17) is 17.3 Å². The van der Waals surface area contributed by atoms with Crippen molar-refractivity contribution in [3.63, 3.8) is 0 Å². The highest BCUT2D eigenvalue weighted by Crippen LogP contribution is 2.32.